The van der Waals surface area contributed by atoms with Gasteiger partial charge in [-0.3, -0.25) is 4.79 Å². The molecule has 1 aliphatic rings. The van der Waals surface area contributed by atoms with E-state index < -0.39 is 0 Å². The lowest BCUT2D eigenvalue weighted by atomic mass is 10.00. The van der Waals surface area contributed by atoms with Crippen LogP contribution in [0.25, 0.3) is 0 Å². The molecule has 0 aromatic rings. The summed E-state index contributed by atoms with van der Waals surface area (Å²) in [6.07, 6.45) is 2.99. The zero-order valence-corrected chi connectivity index (χ0v) is 11.2. The van der Waals surface area contributed by atoms with Crippen LogP contribution in [-0.4, -0.2) is 29.2 Å². The molecule has 0 aliphatic carbocycles. The van der Waals surface area contributed by atoms with Crippen molar-refractivity contribution in [3.8, 4) is 0 Å². The van der Waals surface area contributed by atoms with Crippen LogP contribution in [0.2, 0.25) is 0 Å². The maximum Gasteiger partial charge on any atom is 0.222 e. The average molecular weight is 227 g/mol. The Morgan fingerprint density at radius 1 is 1.56 bits per heavy atom. The molecule has 0 saturated carbocycles. The van der Waals surface area contributed by atoms with Crippen LogP contribution in [0.1, 0.15) is 53.9 Å². The molecule has 1 aliphatic heterocycles. The molecule has 0 bridgehead atoms. The van der Waals surface area contributed by atoms with E-state index in [1.807, 2.05) is 11.8 Å². The molecule has 1 rings (SSSR count). The molecule has 0 spiro atoms. The predicted molar refractivity (Wildman–Crippen MR) is 65.0 cm³/mol. The van der Waals surface area contributed by atoms with Gasteiger partial charge in [-0.15, -0.1) is 0 Å². The molecule has 16 heavy (non-hydrogen) atoms. The maximum absolute atomic E-state index is 11.7. The number of rotatable bonds is 4. The van der Waals surface area contributed by atoms with Crippen molar-refractivity contribution in [1.29, 1.82) is 0 Å². The van der Waals surface area contributed by atoms with E-state index in [4.69, 9.17) is 4.74 Å². The summed E-state index contributed by atoms with van der Waals surface area (Å²) in [6, 6.07) is 0.259. The fourth-order valence-corrected chi connectivity index (χ4v) is 2.45. The van der Waals surface area contributed by atoms with E-state index in [9.17, 15) is 4.79 Å². The molecule has 0 aromatic heterocycles. The van der Waals surface area contributed by atoms with Crippen LogP contribution in [0.15, 0.2) is 0 Å². The van der Waals surface area contributed by atoms with Crippen LogP contribution in [-0.2, 0) is 9.53 Å². The number of amides is 1. The van der Waals surface area contributed by atoms with E-state index in [1.54, 1.807) is 6.92 Å². The molecule has 94 valence electrons. The maximum atomic E-state index is 11.7. The van der Waals surface area contributed by atoms with E-state index in [1.165, 1.54) is 0 Å². The van der Waals surface area contributed by atoms with Crippen LogP contribution in [0, 0.1) is 5.92 Å². The summed E-state index contributed by atoms with van der Waals surface area (Å²) in [5, 5.41) is 0. The second-order valence-corrected chi connectivity index (χ2v) is 5.37. The van der Waals surface area contributed by atoms with Gasteiger partial charge in [-0.1, -0.05) is 20.8 Å². The summed E-state index contributed by atoms with van der Waals surface area (Å²) in [4.78, 5) is 13.7. The SMILES string of the molecule is CCC1COC(C)(CCC(C)C)N1C(C)=O. The van der Waals surface area contributed by atoms with Crippen molar-refractivity contribution in [2.45, 2.75) is 65.6 Å². The van der Waals surface area contributed by atoms with Crippen molar-refractivity contribution in [2.24, 2.45) is 5.92 Å². The average Bonchev–Trinajstić information content (AvgIpc) is 2.53. The summed E-state index contributed by atoms with van der Waals surface area (Å²) in [5.41, 5.74) is -0.378. The zero-order chi connectivity index (χ0) is 12.3. The highest BCUT2D eigenvalue weighted by molar-refractivity contribution is 5.74. The third-order valence-corrected chi connectivity index (χ3v) is 3.46. The minimum Gasteiger partial charge on any atom is -0.354 e. The zero-order valence-electron chi connectivity index (χ0n) is 11.2. The number of hydrogen-bond donors (Lipinski definition) is 0. The Labute approximate surface area is 99.1 Å². The Kier molecular flexibility index (Phi) is 4.36. The molecule has 3 nitrogen and oxygen atoms in total. The largest absolute Gasteiger partial charge is 0.354 e. The fraction of sp³-hybridized carbons (Fsp3) is 0.923. The lowest BCUT2D eigenvalue weighted by molar-refractivity contribution is -0.147. The molecule has 1 saturated heterocycles. The van der Waals surface area contributed by atoms with Gasteiger partial charge in [0.2, 0.25) is 5.91 Å². The highest BCUT2D eigenvalue weighted by Gasteiger charge is 2.44. The molecule has 3 heteroatoms. The summed E-state index contributed by atoms with van der Waals surface area (Å²) < 4.78 is 5.87. The topological polar surface area (TPSA) is 29.5 Å². The van der Waals surface area contributed by atoms with Gasteiger partial charge in [-0.2, -0.15) is 0 Å². The number of nitrogens with zero attached hydrogens (tertiary/aromatic N) is 1. The summed E-state index contributed by atoms with van der Waals surface area (Å²) in [7, 11) is 0. The van der Waals surface area contributed by atoms with Crippen molar-refractivity contribution in [2.75, 3.05) is 6.61 Å². The number of ether oxygens (including phenoxy) is 1. The van der Waals surface area contributed by atoms with Crippen molar-refractivity contribution in [3.05, 3.63) is 0 Å². The van der Waals surface area contributed by atoms with E-state index in [-0.39, 0.29) is 17.7 Å². The Bertz CT molecular complexity index is 252. The Morgan fingerprint density at radius 2 is 2.19 bits per heavy atom. The molecule has 1 fully saturated rings. The smallest absolute Gasteiger partial charge is 0.222 e. The van der Waals surface area contributed by atoms with Crippen LogP contribution >= 0.6 is 0 Å². The first-order valence-corrected chi connectivity index (χ1v) is 6.34. The minimum atomic E-state index is -0.378. The Morgan fingerprint density at radius 3 is 2.62 bits per heavy atom. The second-order valence-electron chi connectivity index (χ2n) is 5.37. The van der Waals surface area contributed by atoms with Crippen LogP contribution < -0.4 is 0 Å². The minimum absolute atomic E-state index is 0.135. The highest BCUT2D eigenvalue weighted by Crippen LogP contribution is 2.34. The molecule has 2 unspecified atom stereocenters. The monoisotopic (exact) mass is 227 g/mol. The lowest BCUT2D eigenvalue weighted by Gasteiger charge is -2.36. The molecular weight excluding hydrogens is 202 g/mol. The van der Waals surface area contributed by atoms with E-state index in [0.717, 1.165) is 19.3 Å². The molecule has 0 radical (unpaired) electrons. The van der Waals surface area contributed by atoms with Gasteiger partial charge in [0, 0.05) is 6.92 Å². The van der Waals surface area contributed by atoms with E-state index in [2.05, 4.69) is 20.8 Å². The lowest BCUT2D eigenvalue weighted by Crippen LogP contribution is -2.48. The normalized spacial score (nSPS) is 30.1. The van der Waals surface area contributed by atoms with Crippen LogP contribution in [0.3, 0.4) is 0 Å². The van der Waals surface area contributed by atoms with Crippen molar-refractivity contribution >= 4 is 5.91 Å². The molecule has 2 atom stereocenters. The van der Waals surface area contributed by atoms with Gasteiger partial charge in [0.25, 0.3) is 0 Å². The molecule has 1 amide bonds. The fourth-order valence-electron chi connectivity index (χ4n) is 2.45. The van der Waals surface area contributed by atoms with Gasteiger partial charge in [0.05, 0.1) is 12.6 Å². The van der Waals surface area contributed by atoms with Gasteiger partial charge in [0.15, 0.2) is 0 Å². The first-order valence-electron chi connectivity index (χ1n) is 6.34. The third kappa shape index (κ3) is 2.76. The molecule has 1 heterocycles. The standard InChI is InChI=1S/C13H25NO2/c1-6-12-9-16-13(5,8-7-10(2)3)14(12)11(4)15/h10,12H,6-9H2,1-5H3. The van der Waals surface area contributed by atoms with Gasteiger partial charge in [-0.25, -0.2) is 0 Å². The van der Waals surface area contributed by atoms with Crippen molar-refractivity contribution < 1.29 is 9.53 Å². The Hall–Kier alpha value is -0.570. The van der Waals surface area contributed by atoms with Gasteiger partial charge >= 0.3 is 0 Å². The predicted octanol–water partition coefficient (Wildman–Crippen LogP) is 2.80. The van der Waals surface area contributed by atoms with Gasteiger partial charge in [-0.05, 0) is 32.1 Å². The number of carbonyl (C=O) groups excluding carboxylic acids is 1. The number of carbonyl (C=O) groups is 1. The van der Waals surface area contributed by atoms with Gasteiger partial charge < -0.3 is 9.64 Å². The quantitative estimate of drug-likeness (QED) is 0.739. The third-order valence-electron chi connectivity index (χ3n) is 3.46. The summed E-state index contributed by atoms with van der Waals surface area (Å²) in [5.74, 6) is 0.783. The summed E-state index contributed by atoms with van der Waals surface area (Å²) in [6.45, 7) is 10.9. The first kappa shape index (κ1) is 13.5. The van der Waals surface area contributed by atoms with Crippen LogP contribution in [0.5, 0.6) is 0 Å². The summed E-state index contributed by atoms with van der Waals surface area (Å²) >= 11 is 0. The molecule has 0 aromatic carbocycles. The van der Waals surface area contributed by atoms with Crippen molar-refractivity contribution in [3.63, 3.8) is 0 Å². The number of hydrogen-bond acceptors (Lipinski definition) is 2. The highest BCUT2D eigenvalue weighted by atomic mass is 16.5. The Balaban J connectivity index is 2.73. The second kappa shape index (κ2) is 5.17. The van der Waals surface area contributed by atoms with Gasteiger partial charge in [0.1, 0.15) is 5.72 Å². The van der Waals surface area contributed by atoms with Crippen molar-refractivity contribution in [1.82, 2.24) is 4.90 Å². The van der Waals surface area contributed by atoms with Crippen LogP contribution in [0.4, 0.5) is 0 Å². The molecular formula is C13H25NO2. The van der Waals surface area contributed by atoms with E-state index in [0.29, 0.717) is 12.5 Å². The first-order chi connectivity index (χ1) is 7.40. The van der Waals surface area contributed by atoms with E-state index >= 15 is 0 Å². The molecule has 0 N–H and O–H groups in total.